The number of Topliss-reactive ketones (excluding diaryl/α,β-unsaturated/α-hetero) is 1. The maximum absolute atomic E-state index is 11.1. The van der Waals surface area contributed by atoms with Gasteiger partial charge in [0.05, 0.1) is 6.07 Å². The van der Waals surface area contributed by atoms with E-state index in [1.165, 1.54) is 6.92 Å². The highest BCUT2D eigenvalue weighted by Crippen LogP contribution is 2.23. The average Bonchev–Trinajstić information content (AvgIpc) is 2.16. The van der Waals surface area contributed by atoms with Crippen molar-refractivity contribution in [1.82, 2.24) is 0 Å². The Kier molecular flexibility index (Phi) is 4.14. The van der Waals surface area contributed by atoms with E-state index < -0.39 is 5.92 Å². The van der Waals surface area contributed by atoms with Crippen LogP contribution < -0.4 is 0 Å². The lowest BCUT2D eigenvalue weighted by molar-refractivity contribution is -0.119. The number of nitriles is 1. The highest BCUT2D eigenvalue weighted by molar-refractivity contribution is 6.35. The van der Waals surface area contributed by atoms with Crippen molar-refractivity contribution in [3.05, 3.63) is 33.8 Å². The number of carbonyl (C=O) groups is 1. The van der Waals surface area contributed by atoms with Gasteiger partial charge in [0, 0.05) is 10.0 Å². The molecule has 78 valence electrons. The Morgan fingerprint density at radius 1 is 1.53 bits per heavy atom. The van der Waals surface area contributed by atoms with Gasteiger partial charge in [-0.2, -0.15) is 5.26 Å². The molecule has 0 radical (unpaired) electrons. The molecule has 0 aliphatic rings. The van der Waals surface area contributed by atoms with Crippen LogP contribution in [0.4, 0.5) is 0 Å². The van der Waals surface area contributed by atoms with Crippen molar-refractivity contribution in [2.24, 2.45) is 5.92 Å². The molecule has 1 aromatic rings. The number of rotatable bonds is 3. The molecule has 0 heterocycles. The van der Waals surface area contributed by atoms with Crippen molar-refractivity contribution in [3.8, 4) is 6.07 Å². The minimum atomic E-state index is -0.635. The first-order chi connectivity index (χ1) is 7.04. The molecule has 15 heavy (non-hydrogen) atoms. The topological polar surface area (TPSA) is 40.9 Å². The fraction of sp³-hybridized carbons (Fsp3) is 0.273. The number of hydrogen-bond donors (Lipinski definition) is 0. The molecule has 0 amide bonds. The van der Waals surface area contributed by atoms with E-state index in [0.717, 1.165) is 5.56 Å². The minimum absolute atomic E-state index is 0.150. The number of nitrogens with zero attached hydrogens (tertiary/aromatic N) is 1. The second-order valence-corrected chi connectivity index (χ2v) is 4.08. The lowest BCUT2D eigenvalue weighted by Gasteiger charge is -2.07. The third-order valence-electron chi connectivity index (χ3n) is 2.09. The highest BCUT2D eigenvalue weighted by atomic mass is 35.5. The number of carbonyl (C=O) groups excluding carboxylic acids is 1. The van der Waals surface area contributed by atoms with Crippen LogP contribution in [0.3, 0.4) is 0 Å². The van der Waals surface area contributed by atoms with E-state index in [1.54, 1.807) is 18.2 Å². The van der Waals surface area contributed by atoms with E-state index in [9.17, 15) is 4.79 Å². The molecule has 0 spiro atoms. The van der Waals surface area contributed by atoms with Crippen LogP contribution in [0.1, 0.15) is 12.5 Å². The molecule has 2 nitrogen and oxygen atoms in total. The summed E-state index contributed by atoms with van der Waals surface area (Å²) in [6.07, 6.45) is 0.335. The molecular weight excluding hydrogens is 233 g/mol. The van der Waals surface area contributed by atoms with Crippen molar-refractivity contribution in [1.29, 1.82) is 5.26 Å². The predicted molar refractivity (Wildman–Crippen MR) is 60.0 cm³/mol. The second-order valence-electron chi connectivity index (χ2n) is 3.23. The Balaban J connectivity index is 2.90. The van der Waals surface area contributed by atoms with Gasteiger partial charge in [0.1, 0.15) is 11.7 Å². The Morgan fingerprint density at radius 2 is 2.20 bits per heavy atom. The lowest BCUT2D eigenvalue weighted by Crippen LogP contribution is -2.11. The standard InChI is InChI=1S/C11H9Cl2NO/c1-7(15)9(6-14)4-8-2-3-10(12)5-11(8)13/h2-3,5,9H,4H2,1H3. The zero-order valence-corrected chi connectivity index (χ0v) is 9.64. The van der Waals surface area contributed by atoms with Crippen LogP contribution in [0.15, 0.2) is 18.2 Å². The van der Waals surface area contributed by atoms with Crippen LogP contribution in [0, 0.1) is 17.2 Å². The molecule has 1 atom stereocenters. The normalized spacial score (nSPS) is 11.9. The molecule has 0 bridgehead atoms. The third kappa shape index (κ3) is 3.23. The van der Waals surface area contributed by atoms with E-state index in [1.807, 2.05) is 6.07 Å². The largest absolute Gasteiger partial charge is 0.299 e. The molecule has 0 fully saturated rings. The van der Waals surface area contributed by atoms with Crippen LogP contribution in [-0.4, -0.2) is 5.78 Å². The summed E-state index contributed by atoms with van der Waals surface area (Å²) < 4.78 is 0. The average molecular weight is 242 g/mol. The summed E-state index contributed by atoms with van der Waals surface area (Å²) in [6, 6.07) is 6.98. The molecule has 0 aliphatic heterocycles. The zero-order chi connectivity index (χ0) is 11.4. The van der Waals surface area contributed by atoms with Crippen molar-refractivity contribution in [2.75, 3.05) is 0 Å². The van der Waals surface area contributed by atoms with E-state index in [-0.39, 0.29) is 5.78 Å². The maximum Gasteiger partial charge on any atom is 0.147 e. The van der Waals surface area contributed by atoms with Gasteiger partial charge in [0.15, 0.2) is 0 Å². The Hall–Kier alpha value is -1.04. The number of hydrogen-bond acceptors (Lipinski definition) is 2. The maximum atomic E-state index is 11.1. The zero-order valence-electron chi connectivity index (χ0n) is 8.13. The Labute approximate surface area is 98.4 Å². The van der Waals surface area contributed by atoms with Gasteiger partial charge in [0.2, 0.25) is 0 Å². The smallest absolute Gasteiger partial charge is 0.147 e. The Morgan fingerprint density at radius 3 is 2.67 bits per heavy atom. The van der Waals surface area contributed by atoms with E-state index in [2.05, 4.69) is 0 Å². The van der Waals surface area contributed by atoms with Gasteiger partial charge in [-0.05, 0) is 31.0 Å². The Bertz CT molecular complexity index is 423. The van der Waals surface area contributed by atoms with Gasteiger partial charge in [-0.1, -0.05) is 29.3 Å². The summed E-state index contributed by atoms with van der Waals surface area (Å²) in [6.45, 7) is 1.40. The molecule has 0 saturated heterocycles. The van der Waals surface area contributed by atoms with Crippen LogP contribution in [0.25, 0.3) is 0 Å². The third-order valence-corrected chi connectivity index (χ3v) is 2.67. The van der Waals surface area contributed by atoms with Crippen molar-refractivity contribution < 1.29 is 4.79 Å². The fourth-order valence-corrected chi connectivity index (χ4v) is 1.67. The molecule has 0 aliphatic carbocycles. The SMILES string of the molecule is CC(=O)C(C#N)Cc1ccc(Cl)cc1Cl. The molecule has 1 unspecified atom stereocenters. The quantitative estimate of drug-likeness (QED) is 0.816. The summed E-state index contributed by atoms with van der Waals surface area (Å²) >= 11 is 11.7. The second kappa shape index (κ2) is 5.16. The molecular formula is C11H9Cl2NO. The number of benzene rings is 1. The summed E-state index contributed by atoms with van der Waals surface area (Å²) in [4.78, 5) is 11.1. The minimum Gasteiger partial charge on any atom is -0.299 e. The molecule has 0 aromatic heterocycles. The lowest BCUT2D eigenvalue weighted by atomic mass is 9.97. The summed E-state index contributed by atoms with van der Waals surface area (Å²) in [5.41, 5.74) is 0.766. The van der Waals surface area contributed by atoms with Gasteiger partial charge in [0.25, 0.3) is 0 Å². The van der Waals surface area contributed by atoms with Crippen molar-refractivity contribution >= 4 is 29.0 Å². The number of halogens is 2. The van der Waals surface area contributed by atoms with Crippen LogP contribution in [0.2, 0.25) is 10.0 Å². The summed E-state index contributed by atoms with van der Waals surface area (Å²) in [5, 5.41) is 9.79. The molecule has 0 N–H and O–H groups in total. The fourth-order valence-electron chi connectivity index (χ4n) is 1.19. The van der Waals surface area contributed by atoms with Crippen LogP contribution in [-0.2, 0) is 11.2 Å². The first-order valence-corrected chi connectivity index (χ1v) is 5.14. The molecule has 0 saturated carbocycles. The summed E-state index contributed by atoms with van der Waals surface area (Å²) in [5.74, 6) is -0.785. The molecule has 1 rings (SSSR count). The first-order valence-electron chi connectivity index (χ1n) is 4.38. The van der Waals surface area contributed by atoms with Gasteiger partial charge in [-0.15, -0.1) is 0 Å². The van der Waals surface area contributed by atoms with Crippen molar-refractivity contribution in [2.45, 2.75) is 13.3 Å². The van der Waals surface area contributed by atoms with Gasteiger partial charge >= 0.3 is 0 Å². The van der Waals surface area contributed by atoms with E-state index >= 15 is 0 Å². The van der Waals surface area contributed by atoms with Crippen molar-refractivity contribution in [3.63, 3.8) is 0 Å². The molecule has 1 aromatic carbocycles. The monoisotopic (exact) mass is 241 g/mol. The van der Waals surface area contributed by atoms with Gasteiger partial charge < -0.3 is 0 Å². The van der Waals surface area contributed by atoms with E-state index in [0.29, 0.717) is 16.5 Å². The predicted octanol–water partition coefficient (Wildman–Crippen LogP) is 3.26. The first kappa shape index (κ1) is 12.0. The van der Waals surface area contributed by atoms with Gasteiger partial charge in [-0.25, -0.2) is 0 Å². The van der Waals surface area contributed by atoms with E-state index in [4.69, 9.17) is 28.5 Å². The molecule has 4 heteroatoms. The summed E-state index contributed by atoms with van der Waals surface area (Å²) in [7, 11) is 0. The van der Waals surface area contributed by atoms with Crippen LogP contribution >= 0.6 is 23.2 Å². The number of ketones is 1. The van der Waals surface area contributed by atoms with Gasteiger partial charge in [-0.3, -0.25) is 4.79 Å². The van der Waals surface area contributed by atoms with Crippen LogP contribution in [0.5, 0.6) is 0 Å². The highest BCUT2D eigenvalue weighted by Gasteiger charge is 2.15.